The van der Waals surface area contributed by atoms with Gasteiger partial charge in [-0.2, -0.15) is 10.2 Å². The molecule has 3 heterocycles. The summed E-state index contributed by atoms with van der Waals surface area (Å²) in [6.45, 7) is 9.77. The number of nitrogens with zero attached hydrogens (tertiary/aromatic N) is 6. The first kappa shape index (κ1) is 22.1. The lowest BCUT2D eigenvalue weighted by molar-refractivity contribution is 0.571. The lowest BCUT2D eigenvalue weighted by Crippen LogP contribution is -2.09. The van der Waals surface area contributed by atoms with Crippen molar-refractivity contribution in [2.45, 2.75) is 47.1 Å². The molecule has 1 fully saturated rings. The number of aryl methyl sites for hydroxylation is 1. The molecule has 1 aliphatic rings. The summed E-state index contributed by atoms with van der Waals surface area (Å²) in [5.74, 6) is 2.62. The van der Waals surface area contributed by atoms with Gasteiger partial charge in [0.1, 0.15) is 23.8 Å². The van der Waals surface area contributed by atoms with Crippen LogP contribution in [0.2, 0.25) is 0 Å². The SMILES string of the molecule is CCNc1c(C)nn(-c2cc(Nc3c(C)c(-c4ccc(F)cc4)nn3CC3CC3)ncn2)c1C. The van der Waals surface area contributed by atoms with Crippen molar-refractivity contribution in [2.75, 3.05) is 17.2 Å². The predicted octanol–water partition coefficient (Wildman–Crippen LogP) is 5.18. The third-order valence-electron chi connectivity index (χ3n) is 6.20. The van der Waals surface area contributed by atoms with Gasteiger partial charge in [-0.05, 0) is 70.7 Å². The minimum Gasteiger partial charge on any atom is -0.382 e. The first-order valence-corrected chi connectivity index (χ1v) is 11.7. The maximum atomic E-state index is 13.5. The summed E-state index contributed by atoms with van der Waals surface area (Å²) in [5.41, 5.74) is 5.67. The van der Waals surface area contributed by atoms with Gasteiger partial charge in [0.15, 0.2) is 5.82 Å². The largest absolute Gasteiger partial charge is 0.382 e. The Morgan fingerprint density at radius 2 is 1.82 bits per heavy atom. The van der Waals surface area contributed by atoms with E-state index in [1.165, 1.54) is 25.0 Å². The number of benzene rings is 1. The van der Waals surface area contributed by atoms with E-state index in [0.717, 1.165) is 52.8 Å². The molecule has 3 aromatic heterocycles. The summed E-state index contributed by atoms with van der Waals surface area (Å²) in [4.78, 5) is 8.91. The molecule has 0 spiro atoms. The summed E-state index contributed by atoms with van der Waals surface area (Å²) in [6.07, 6.45) is 3.97. The molecule has 0 unspecified atom stereocenters. The van der Waals surface area contributed by atoms with Crippen molar-refractivity contribution in [1.29, 1.82) is 0 Å². The molecule has 8 nitrogen and oxygen atoms in total. The van der Waals surface area contributed by atoms with Gasteiger partial charge in [0.2, 0.25) is 0 Å². The topological polar surface area (TPSA) is 85.5 Å². The molecule has 1 aromatic carbocycles. The maximum absolute atomic E-state index is 13.5. The molecule has 176 valence electrons. The highest BCUT2D eigenvalue weighted by molar-refractivity contribution is 5.71. The van der Waals surface area contributed by atoms with Gasteiger partial charge >= 0.3 is 0 Å². The molecule has 2 N–H and O–H groups in total. The molecule has 1 saturated carbocycles. The van der Waals surface area contributed by atoms with Gasteiger partial charge in [0.25, 0.3) is 0 Å². The molecular weight excluding hydrogens is 431 g/mol. The number of halogens is 1. The van der Waals surface area contributed by atoms with Crippen LogP contribution in [0.1, 0.15) is 36.7 Å². The molecule has 1 aliphatic carbocycles. The first-order valence-electron chi connectivity index (χ1n) is 11.7. The number of aromatic nitrogens is 6. The van der Waals surface area contributed by atoms with E-state index in [0.29, 0.717) is 17.6 Å². The van der Waals surface area contributed by atoms with Crippen LogP contribution >= 0.6 is 0 Å². The third kappa shape index (κ3) is 4.25. The highest BCUT2D eigenvalue weighted by atomic mass is 19.1. The van der Waals surface area contributed by atoms with Crippen LogP contribution in [0.25, 0.3) is 17.1 Å². The Hall–Kier alpha value is -3.75. The highest BCUT2D eigenvalue weighted by Gasteiger charge is 2.26. The molecule has 34 heavy (non-hydrogen) atoms. The van der Waals surface area contributed by atoms with Crippen LogP contribution in [0.3, 0.4) is 0 Å². The van der Waals surface area contributed by atoms with Crippen LogP contribution in [-0.4, -0.2) is 36.1 Å². The van der Waals surface area contributed by atoms with E-state index in [9.17, 15) is 4.39 Å². The Morgan fingerprint density at radius 1 is 1.06 bits per heavy atom. The fourth-order valence-electron chi connectivity index (χ4n) is 4.22. The Morgan fingerprint density at radius 3 is 2.53 bits per heavy atom. The van der Waals surface area contributed by atoms with E-state index >= 15 is 0 Å². The Bertz CT molecular complexity index is 1320. The fraction of sp³-hybridized carbons (Fsp3) is 0.360. The van der Waals surface area contributed by atoms with E-state index in [1.54, 1.807) is 18.5 Å². The van der Waals surface area contributed by atoms with Gasteiger partial charge in [-0.3, -0.25) is 0 Å². The number of anilines is 3. The summed E-state index contributed by atoms with van der Waals surface area (Å²) < 4.78 is 17.3. The zero-order valence-corrected chi connectivity index (χ0v) is 19.9. The van der Waals surface area contributed by atoms with E-state index in [1.807, 2.05) is 36.2 Å². The van der Waals surface area contributed by atoms with E-state index in [4.69, 9.17) is 5.10 Å². The maximum Gasteiger partial charge on any atom is 0.159 e. The molecule has 0 atom stereocenters. The van der Waals surface area contributed by atoms with Crippen molar-refractivity contribution in [3.63, 3.8) is 0 Å². The second kappa shape index (κ2) is 8.89. The molecule has 0 amide bonds. The van der Waals surface area contributed by atoms with Crippen LogP contribution in [0.4, 0.5) is 21.7 Å². The van der Waals surface area contributed by atoms with Crippen molar-refractivity contribution in [3.8, 4) is 17.1 Å². The smallest absolute Gasteiger partial charge is 0.159 e. The molecule has 0 bridgehead atoms. The minimum absolute atomic E-state index is 0.257. The summed E-state index contributed by atoms with van der Waals surface area (Å²) in [7, 11) is 0. The Kier molecular flexibility index (Phi) is 5.77. The van der Waals surface area contributed by atoms with Crippen molar-refractivity contribution in [3.05, 3.63) is 59.4 Å². The fourth-order valence-corrected chi connectivity index (χ4v) is 4.22. The lowest BCUT2D eigenvalue weighted by Gasteiger charge is -2.11. The quantitative estimate of drug-likeness (QED) is 0.377. The van der Waals surface area contributed by atoms with E-state index in [2.05, 4.69) is 32.6 Å². The highest BCUT2D eigenvalue weighted by Crippen LogP contribution is 2.35. The van der Waals surface area contributed by atoms with Crippen molar-refractivity contribution >= 4 is 17.3 Å². The monoisotopic (exact) mass is 460 g/mol. The predicted molar refractivity (Wildman–Crippen MR) is 131 cm³/mol. The lowest BCUT2D eigenvalue weighted by atomic mass is 10.1. The van der Waals surface area contributed by atoms with Crippen molar-refractivity contribution in [2.24, 2.45) is 5.92 Å². The van der Waals surface area contributed by atoms with Gasteiger partial charge in [0.05, 0.1) is 22.8 Å². The summed E-state index contributed by atoms with van der Waals surface area (Å²) in [5, 5.41) is 16.4. The zero-order valence-electron chi connectivity index (χ0n) is 19.9. The van der Waals surface area contributed by atoms with Crippen LogP contribution in [0.15, 0.2) is 36.7 Å². The second-order valence-electron chi connectivity index (χ2n) is 8.83. The van der Waals surface area contributed by atoms with E-state index < -0.39 is 0 Å². The zero-order chi connectivity index (χ0) is 23.8. The normalized spacial score (nSPS) is 13.3. The molecule has 9 heteroatoms. The number of hydrogen-bond acceptors (Lipinski definition) is 6. The van der Waals surface area contributed by atoms with E-state index in [-0.39, 0.29) is 5.82 Å². The third-order valence-corrected chi connectivity index (χ3v) is 6.20. The van der Waals surface area contributed by atoms with Crippen LogP contribution in [-0.2, 0) is 6.54 Å². The molecule has 0 radical (unpaired) electrons. The molecular formula is C25H29FN8. The van der Waals surface area contributed by atoms with Crippen molar-refractivity contribution < 1.29 is 4.39 Å². The standard InChI is InChI=1S/C25H29FN8/c1-5-27-24-16(3)31-34(17(24)4)22-12-21(28-14-29-22)30-25-15(2)23(19-8-10-20(26)11-9-19)32-33(25)13-18-6-7-18/h8-12,14,18,27H,5-7,13H2,1-4H3,(H,28,29,30). The van der Waals surface area contributed by atoms with Crippen LogP contribution in [0.5, 0.6) is 0 Å². The van der Waals surface area contributed by atoms with Gasteiger partial charge in [-0.1, -0.05) is 0 Å². The van der Waals surface area contributed by atoms with Crippen LogP contribution < -0.4 is 10.6 Å². The second-order valence-corrected chi connectivity index (χ2v) is 8.83. The van der Waals surface area contributed by atoms with Crippen LogP contribution in [0, 0.1) is 32.5 Å². The number of nitrogens with one attached hydrogen (secondary N) is 2. The molecule has 0 aliphatic heterocycles. The van der Waals surface area contributed by atoms with Gasteiger partial charge in [0, 0.05) is 30.3 Å². The number of rotatable bonds is 8. The van der Waals surface area contributed by atoms with Gasteiger partial charge < -0.3 is 10.6 Å². The average molecular weight is 461 g/mol. The first-order chi connectivity index (χ1) is 16.4. The summed E-state index contributed by atoms with van der Waals surface area (Å²) in [6, 6.07) is 8.36. The molecule has 0 saturated heterocycles. The van der Waals surface area contributed by atoms with Gasteiger partial charge in [-0.15, -0.1) is 0 Å². The number of hydrogen-bond donors (Lipinski definition) is 2. The van der Waals surface area contributed by atoms with Crippen molar-refractivity contribution in [1.82, 2.24) is 29.5 Å². The minimum atomic E-state index is -0.257. The summed E-state index contributed by atoms with van der Waals surface area (Å²) >= 11 is 0. The van der Waals surface area contributed by atoms with Gasteiger partial charge in [-0.25, -0.2) is 23.7 Å². The Labute approximate surface area is 198 Å². The molecule has 4 aromatic rings. The molecule has 5 rings (SSSR count). The average Bonchev–Trinajstić information content (AvgIpc) is 3.55. The Balaban J connectivity index is 1.50.